The highest BCUT2D eigenvalue weighted by molar-refractivity contribution is 6.28. The zero-order valence-corrected chi connectivity index (χ0v) is 20.5. The molecule has 1 aliphatic rings. The number of carbonyl (C=O) groups excluding carboxylic acids is 1. The van der Waals surface area contributed by atoms with Crippen LogP contribution >= 0.6 is 0 Å². The van der Waals surface area contributed by atoms with E-state index >= 15 is 0 Å². The van der Waals surface area contributed by atoms with Gasteiger partial charge in [-0.15, -0.1) is 0 Å². The number of likely N-dealkylation sites (tertiary alicyclic amines) is 1. The van der Waals surface area contributed by atoms with Crippen molar-refractivity contribution in [2.45, 2.75) is 73.6 Å². The molecule has 0 aliphatic carbocycles. The fourth-order valence-corrected chi connectivity index (χ4v) is 3.61. The van der Waals surface area contributed by atoms with Crippen molar-refractivity contribution in [3.63, 3.8) is 0 Å². The summed E-state index contributed by atoms with van der Waals surface area (Å²) in [6.45, 7) is 22.9. The van der Waals surface area contributed by atoms with Gasteiger partial charge >= 0.3 is 0 Å². The molecular formula is C27H44N2O. The van der Waals surface area contributed by atoms with Crippen molar-refractivity contribution in [1.82, 2.24) is 10.2 Å². The lowest BCUT2D eigenvalue weighted by molar-refractivity contribution is -0.110. The van der Waals surface area contributed by atoms with E-state index in [2.05, 4.69) is 76.5 Å². The number of allylic oxidation sites excluding steroid dienone is 2. The highest BCUT2D eigenvalue weighted by atomic mass is 16.1. The third kappa shape index (κ3) is 8.87. The number of hydrogen-bond donors (Lipinski definition) is 1. The van der Waals surface area contributed by atoms with E-state index in [0.29, 0.717) is 11.6 Å². The molecule has 3 heteroatoms. The van der Waals surface area contributed by atoms with E-state index in [0.717, 1.165) is 30.1 Å². The summed E-state index contributed by atoms with van der Waals surface area (Å²) in [6.07, 6.45) is 5.83. The monoisotopic (exact) mass is 412 g/mol. The molecule has 1 fully saturated rings. The summed E-state index contributed by atoms with van der Waals surface area (Å²) in [5.41, 5.74) is 4.64. The highest BCUT2D eigenvalue weighted by Crippen LogP contribution is 2.28. The molecule has 1 N–H and O–H groups in total. The summed E-state index contributed by atoms with van der Waals surface area (Å²) in [5, 5.41) is 3.25. The summed E-state index contributed by atoms with van der Waals surface area (Å²) in [4.78, 5) is 15.5. The van der Waals surface area contributed by atoms with Gasteiger partial charge < -0.3 is 10.2 Å². The number of nitrogens with zero attached hydrogens (tertiary/aromatic N) is 1. The van der Waals surface area contributed by atoms with Crippen molar-refractivity contribution in [1.29, 1.82) is 0 Å². The summed E-state index contributed by atoms with van der Waals surface area (Å²) in [5.74, 6) is 1.20. The molecule has 0 radical (unpaired) electrons. The Morgan fingerprint density at radius 3 is 2.27 bits per heavy atom. The van der Waals surface area contributed by atoms with E-state index in [-0.39, 0.29) is 5.78 Å². The van der Waals surface area contributed by atoms with E-state index in [4.69, 9.17) is 0 Å². The fraction of sp³-hybridized carbons (Fsp3) is 0.593. The van der Waals surface area contributed by atoms with Crippen molar-refractivity contribution in [3.05, 3.63) is 53.2 Å². The van der Waals surface area contributed by atoms with Crippen LogP contribution in [0.3, 0.4) is 0 Å². The fourth-order valence-electron chi connectivity index (χ4n) is 3.61. The second-order valence-electron chi connectivity index (χ2n) is 9.32. The molecule has 3 nitrogen and oxygen atoms in total. The van der Waals surface area contributed by atoms with Crippen molar-refractivity contribution < 1.29 is 4.79 Å². The minimum Gasteiger partial charge on any atom is -0.381 e. The van der Waals surface area contributed by atoms with Crippen LogP contribution in [0.5, 0.6) is 0 Å². The van der Waals surface area contributed by atoms with Crippen molar-refractivity contribution in [2.75, 3.05) is 26.2 Å². The van der Waals surface area contributed by atoms with E-state index in [1.54, 1.807) is 0 Å². The Balaban J connectivity index is 0.00000103. The van der Waals surface area contributed by atoms with Gasteiger partial charge in [0, 0.05) is 18.7 Å². The Morgan fingerprint density at radius 1 is 1.13 bits per heavy atom. The SMILES string of the molecule is C=C(NCCN1CCCCC1)C(=O)/C(=C/C)c1cc(C)ccc1C(C)C.CC(C)C. The van der Waals surface area contributed by atoms with Crippen LogP contribution in [0.25, 0.3) is 5.57 Å². The minimum absolute atomic E-state index is 0.00126. The number of nitrogens with one attached hydrogen (secondary N) is 1. The third-order valence-corrected chi connectivity index (χ3v) is 5.14. The molecule has 1 heterocycles. The predicted octanol–water partition coefficient (Wildman–Crippen LogP) is 6.34. The summed E-state index contributed by atoms with van der Waals surface area (Å²) < 4.78 is 0. The molecule has 2 rings (SSSR count). The largest absolute Gasteiger partial charge is 0.381 e. The standard InChI is InChI=1S/C23H34N2O.C4H10/c1-6-20(22-16-18(4)10-11-21(22)17(2)3)23(26)19(5)24-12-15-25-13-8-7-9-14-25;1-4(2)3/h6,10-11,16-17,24H,5,7-9,12-15H2,1-4H3;4H,1-3H3/b20-6+;. The Bertz CT molecular complexity index is 707. The van der Waals surface area contributed by atoms with Crippen molar-refractivity contribution in [2.24, 2.45) is 5.92 Å². The Labute approximate surface area is 185 Å². The van der Waals surface area contributed by atoms with Crippen LogP contribution in [0.1, 0.15) is 83.4 Å². The molecule has 1 aliphatic heterocycles. The van der Waals surface area contributed by atoms with Crippen LogP contribution in [0.2, 0.25) is 0 Å². The summed E-state index contributed by atoms with van der Waals surface area (Å²) in [7, 11) is 0. The zero-order chi connectivity index (χ0) is 22.7. The van der Waals surface area contributed by atoms with Gasteiger partial charge in [-0.2, -0.15) is 0 Å². The van der Waals surface area contributed by atoms with Gasteiger partial charge in [0.2, 0.25) is 5.78 Å². The maximum Gasteiger partial charge on any atom is 0.208 e. The molecule has 0 spiro atoms. The first kappa shape index (κ1) is 26.2. The molecule has 30 heavy (non-hydrogen) atoms. The first-order chi connectivity index (χ1) is 14.2. The minimum atomic E-state index is -0.00126. The second-order valence-corrected chi connectivity index (χ2v) is 9.32. The number of ketones is 1. The molecule has 168 valence electrons. The van der Waals surface area contributed by atoms with Gasteiger partial charge in [0.1, 0.15) is 0 Å². The number of carbonyl (C=O) groups is 1. The molecule has 0 amide bonds. The quantitative estimate of drug-likeness (QED) is 0.505. The van der Waals surface area contributed by atoms with Gasteiger partial charge in [-0.05, 0) is 62.7 Å². The van der Waals surface area contributed by atoms with Crippen LogP contribution in [0, 0.1) is 12.8 Å². The van der Waals surface area contributed by atoms with E-state index in [9.17, 15) is 4.79 Å². The summed E-state index contributed by atoms with van der Waals surface area (Å²) in [6, 6.07) is 6.37. The molecule has 1 aromatic rings. The zero-order valence-electron chi connectivity index (χ0n) is 20.5. The number of benzene rings is 1. The molecule has 0 saturated carbocycles. The molecule has 1 saturated heterocycles. The van der Waals surface area contributed by atoms with E-state index < -0.39 is 0 Å². The van der Waals surface area contributed by atoms with Crippen LogP contribution < -0.4 is 5.32 Å². The molecule has 0 atom stereocenters. The second kappa shape index (κ2) is 13.4. The lowest BCUT2D eigenvalue weighted by atomic mass is 9.88. The Hall–Kier alpha value is -1.87. The topological polar surface area (TPSA) is 32.3 Å². The normalized spacial score (nSPS) is 15.0. The molecule has 0 bridgehead atoms. The maximum absolute atomic E-state index is 13.0. The van der Waals surface area contributed by atoms with Gasteiger partial charge in [0.15, 0.2) is 0 Å². The smallest absolute Gasteiger partial charge is 0.208 e. The number of rotatable bonds is 8. The van der Waals surface area contributed by atoms with Gasteiger partial charge in [0.05, 0.1) is 5.70 Å². The van der Waals surface area contributed by atoms with Crippen molar-refractivity contribution in [3.8, 4) is 0 Å². The number of Topliss-reactive ketones (excluding diaryl/α,β-unsaturated/α-hetero) is 1. The maximum atomic E-state index is 13.0. The van der Waals surface area contributed by atoms with E-state index in [1.165, 1.54) is 43.5 Å². The van der Waals surface area contributed by atoms with Gasteiger partial charge in [-0.3, -0.25) is 4.79 Å². The molecule has 1 aromatic carbocycles. The van der Waals surface area contributed by atoms with Crippen LogP contribution in [0.15, 0.2) is 36.6 Å². The van der Waals surface area contributed by atoms with Crippen LogP contribution in [0.4, 0.5) is 0 Å². The number of piperidine rings is 1. The average molecular weight is 413 g/mol. The Kier molecular flexibility index (Phi) is 11.7. The highest BCUT2D eigenvalue weighted by Gasteiger charge is 2.19. The Morgan fingerprint density at radius 2 is 1.73 bits per heavy atom. The molecule has 0 aromatic heterocycles. The van der Waals surface area contributed by atoms with Gasteiger partial charge in [-0.25, -0.2) is 0 Å². The molecular weight excluding hydrogens is 368 g/mol. The lowest BCUT2D eigenvalue weighted by Gasteiger charge is -2.26. The summed E-state index contributed by atoms with van der Waals surface area (Å²) >= 11 is 0. The predicted molar refractivity (Wildman–Crippen MR) is 132 cm³/mol. The lowest BCUT2D eigenvalue weighted by Crippen LogP contribution is -2.36. The van der Waals surface area contributed by atoms with E-state index in [1.807, 2.05) is 13.0 Å². The first-order valence-corrected chi connectivity index (χ1v) is 11.6. The van der Waals surface area contributed by atoms with Crippen molar-refractivity contribution >= 4 is 11.4 Å². The molecule has 0 unspecified atom stereocenters. The third-order valence-electron chi connectivity index (χ3n) is 5.14. The van der Waals surface area contributed by atoms with Crippen LogP contribution in [-0.4, -0.2) is 36.9 Å². The first-order valence-electron chi connectivity index (χ1n) is 11.6. The van der Waals surface area contributed by atoms with Gasteiger partial charge in [-0.1, -0.05) is 77.5 Å². The number of hydrogen-bond acceptors (Lipinski definition) is 3. The van der Waals surface area contributed by atoms with Crippen LogP contribution in [-0.2, 0) is 4.79 Å². The average Bonchev–Trinajstić information content (AvgIpc) is 2.68. The number of aryl methyl sites for hydroxylation is 1. The van der Waals surface area contributed by atoms with Gasteiger partial charge in [0.25, 0.3) is 0 Å².